The Morgan fingerprint density at radius 3 is 1.25 bits per heavy atom. The summed E-state index contributed by atoms with van der Waals surface area (Å²) in [5.74, 6) is 0. The third-order valence-corrected chi connectivity index (χ3v) is 3.98. The standard InChI is InChI=1S/C16H30N4/c1-15(2,3)19-11-9-17(13-19)7-8-18-10-12-20(14-18)16(4,5)6/h9-12H,7-8,13-14H2,1-6H3. The molecule has 0 radical (unpaired) electrons. The molecule has 2 aliphatic rings. The van der Waals surface area contributed by atoms with Crippen LogP contribution in [0.15, 0.2) is 24.8 Å². The lowest BCUT2D eigenvalue weighted by Gasteiger charge is -2.34. The van der Waals surface area contributed by atoms with Crippen molar-refractivity contribution in [3.8, 4) is 0 Å². The van der Waals surface area contributed by atoms with Crippen molar-refractivity contribution in [1.82, 2.24) is 19.6 Å². The van der Waals surface area contributed by atoms with E-state index in [0.717, 1.165) is 26.4 Å². The van der Waals surface area contributed by atoms with Gasteiger partial charge in [-0.3, -0.25) is 0 Å². The fourth-order valence-corrected chi connectivity index (χ4v) is 2.35. The van der Waals surface area contributed by atoms with Crippen LogP contribution >= 0.6 is 0 Å². The second-order valence-electron chi connectivity index (χ2n) is 7.79. The van der Waals surface area contributed by atoms with Crippen LogP contribution in [0.25, 0.3) is 0 Å². The second-order valence-corrected chi connectivity index (χ2v) is 7.79. The highest BCUT2D eigenvalue weighted by molar-refractivity contribution is 4.99. The van der Waals surface area contributed by atoms with Gasteiger partial charge in [-0.1, -0.05) is 0 Å². The van der Waals surface area contributed by atoms with Crippen molar-refractivity contribution in [2.24, 2.45) is 0 Å². The van der Waals surface area contributed by atoms with Crippen LogP contribution < -0.4 is 0 Å². The van der Waals surface area contributed by atoms with E-state index in [4.69, 9.17) is 0 Å². The van der Waals surface area contributed by atoms with E-state index < -0.39 is 0 Å². The predicted molar refractivity (Wildman–Crippen MR) is 84.6 cm³/mol. The van der Waals surface area contributed by atoms with Gasteiger partial charge >= 0.3 is 0 Å². The largest absolute Gasteiger partial charge is 0.357 e. The molecular weight excluding hydrogens is 248 g/mol. The molecule has 0 aromatic carbocycles. The average molecular weight is 278 g/mol. The summed E-state index contributed by atoms with van der Waals surface area (Å²) < 4.78 is 0. The average Bonchev–Trinajstić information content (AvgIpc) is 2.94. The lowest BCUT2D eigenvalue weighted by Crippen LogP contribution is -2.42. The van der Waals surface area contributed by atoms with E-state index in [2.05, 4.69) is 85.9 Å². The number of nitrogens with zero attached hydrogens (tertiary/aromatic N) is 4. The van der Waals surface area contributed by atoms with Crippen LogP contribution in [0.1, 0.15) is 41.5 Å². The van der Waals surface area contributed by atoms with E-state index in [1.54, 1.807) is 0 Å². The van der Waals surface area contributed by atoms with Crippen LogP contribution in [0.4, 0.5) is 0 Å². The maximum absolute atomic E-state index is 2.39. The first-order chi connectivity index (χ1) is 9.16. The van der Waals surface area contributed by atoms with E-state index in [1.807, 2.05) is 0 Å². The summed E-state index contributed by atoms with van der Waals surface area (Å²) in [6.45, 7) is 17.7. The van der Waals surface area contributed by atoms with E-state index in [9.17, 15) is 0 Å². The lowest BCUT2D eigenvalue weighted by molar-refractivity contribution is 0.138. The molecule has 0 unspecified atom stereocenters. The molecule has 0 bridgehead atoms. The fraction of sp³-hybridized carbons (Fsp3) is 0.750. The van der Waals surface area contributed by atoms with Gasteiger partial charge in [0.05, 0.1) is 13.3 Å². The van der Waals surface area contributed by atoms with Gasteiger partial charge in [-0.25, -0.2) is 0 Å². The van der Waals surface area contributed by atoms with Gasteiger partial charge in [0, 0.05) is 49.0 Å². The summed E-state index contributed by atoms with van der Waals surface area (Å²) in [5, 5.41) is 0. The van der Waals surface area contributed by atoms with Crippen molar-refractivity contribution >= 4 is 0 Å². The van der Waals surface area contributed by atoms with E-state index in [0.29, 0.717) is 0 Å². The molecule has 0 N–H and O–H groups in total. The van der Waals surface area contributed by atoms with Gasteiger partial charge in [-0.05, 0) is 41.5 Å². The molecule has 0 fully saturated rings. The molecule has 0 amide bonds. The number of hydrogen-bond acceptors (Lipinski definition) is 4. The van der Waals surface area contributed by atoms with Crippen molar-refractivity contribution in [1.29, 1.82) is 0 Å². The van der Waals surface area contributed by atoms with Crippen LogP contribution in [0, 0.1) is 0 Å². The summed E-state index contributed by atoms with van der Waals surface area (Å²) in [6.07, 6.45) is 8.85. The molecule has 0 aromatic heterocycles. The summed E-state index contributed by atoms with van der Waals surface area (Å²) in [6, 6.07) is 0. The molecule has 0 saturated heterocycles. The molecule has 2 aliphatic heterocycles. The van der Waals surface area contributed by atoms with Crippen LogP contribution in [0.3, 0.4) is 0 Å². The summed E-state index contributed by atoms with van der Waals surface area (Å²) in [7, 11) is 0. The Morgan fingerprint density at radius 1 is 0.650 bits per heavy atom. The Balaban J connectivity index is 1.74. The molecule has 2 rings (SSSR count). The minimum atomic E-state index is 0.210. The molecule has 0 aliphatic carbocycles. The Morgan fingerprint density at radius 2 is 1.00 bits per heavy atom. The first kappa shape index (κ1) is 15.1. The highest BCUT2D eigenvalue weighted by Crippen LogP contribution is 2.21. The smallest absolute Gasteiger partial charge is 0.0899 e. The monoisotopic (exact) mass is 278 g/mol. The van der Waals surface area contributed by atoms with E-state index in [1.165, 1.54) is 0 Å². The minimum absolute atomic E-state index is 0.210. The maximum atomic E-state index is 2.39. The Labute approximate surface area is 124 Å². The molecule has 4 nitrogen and oxygen atoms in total. The normalized spacial score (nSPS) is 19.7. The summed E-state index contributed by atoms with van der Waals surface area (Å²) >= 11 is 0. The van der Waals surface area contributed by atoms with Crippen molar-refractivity contribution in [2.45, 2.75) is 52.6 Å². The van der Waals surface area contributed by atoms with Crippen molar-refractivity contribution in [3.05, 3.63) is 24.8 Å². The van der Waals surface area contributed by atoms with Crippen molar-refractivity contribution in [3.63, 3.8) is 0 Å². The third-order valence-electron chi connectivity index (χ3n) is 3.98. The Bertz CT molecular complexity index is 348. The molecule has 0 saturated carbocycles. The van der Waals surface area contributed by atoms with Gasteiger partial charge in [-0.2, -0.15) is 0 Å². The van der Waals surface area contributed by atoms with Gasteiger partial charge in [0.25, 0.3) is 0 Å². The van der Waals surface area contributed by atoms with Gasteiger partial charge in [0.1, 0.15) is 0 Å². The lowest BCUT2D eigenvalue weighted by atomic mass is 10.1. The van der Waals surface area contributed by atoms with Gasteiger partial charge < -0.3 is 19.6 Å². The van der Waals surface area contributed by atoms with Crippen LogP contribution in [0.2, 0.25) is 0 Å². The van der Waals surface area contributed by atoms with Gasteiger partial charge in [0.2, 0.25) is 0 Å². The van der Waals surface area contributed by atoms with E-state index >= 15 is 0 Å². The van der Waals surface area contributed by atoms with Crippen LogP contribution in [0.5, 0.6) is 0 Å². The van der Waals surface area contributed by atoms with Gasteiger partial charge in [-0.15, -0.1) is 0 Å². The molecule has 114 valence electrons. The minimum Gasteiger partial charge on any atom is -0.357 e. The summed E-state index contributed by atoms with van der Waals surface area (Å²) in [5.41, 5.74) is 0.420. The first-order valence-corrected chi connectivity index (χ1v) is 7.54. The fourth-order valence-electron chi connectivity index (χ4n) is 2.35. The Hall–Kier alpha value is -1.32. The predicted octanol–water partition coefficient (Wildman–Crippen LogP) is 2.68. The molecule has 2 heterocycles. The second kappa shape index (κ2) is 5.23. The SMILES string of the molecule is CC(C)(C)N1C=CN(CCN2C=CN(C(C)(C)C)C2)C1. The van der Waals surface area contributed by atoms with Gasteiger partial charge in [0.15, 0.2) is 0 Å². The molecular formula is C16H30N4. The third kappa shape index (κ3) is 3.62. The molecule has 20 heavy (non-hydrogen) atoms. The Kier molecular flexibility index (Phi) is 3.94. The highest BCUT2D eigenvalue weighted by Gasteiger charge is 2.25. The molecule has 0 atom stereocenters. The zero-order chi connectivity index (χ0) is 15.0. The van der Waals surface area contributed by atoms with Crippen LogP contribution in [-0.4, -0.2) is 57.1 Å². The number of hydrogen-bond donors (Lipinski definition) is 0. The zero-order valence-corrected chi connectivity index (χ0v) is 13.9. The zero-order valence-electron chi connectivity index (χ0n) is 13.9. The summed E-state index contributed by atoms with van der Waals surface area (Å²) in [4.78, 5) is 9.54. The maximum Gasteiger partial charge on any atom is 0.0899 e. The van der Waals surface area contributed by atoms with E-state index in [-0.39, 0.29) is 11.1 Å². The molecule has 0 aromatic rings. The first-order valence-electron chi connectivity index (χ1n) is 7.54. The van der Waals surface area contributed by atoms with Crippen LogP contribution in [-0.2, 0) is 0 Å². The topological polar surface area (TPSA) is 13.0 Å². The number of rotatable bonds is 3. The van der Waals surface area contributed by atoms with Crippen molar-refractivity contribution < 1.29 is 0 Å². The highest BCUT2D eigenvalue weighted by atomic mass is 15.4. The molecule has 4 heteroatoms. The van der Waals surface area contributed by atoms with Crippen molar-refractivity contribution in [2.75, 3.05) is 26.4 Å². The quantitative estimate of drug-likeness (QED) is 0.787. The molecule has 0 spiro atoms.